The van der Waals surface area contributed by atoms with Gasteiger partial charge in [-0.15, -0.1) is 0 Å². The quantitative estimate of drug-likeness (QED) is 0.710. The van der Waals surface area contributed by atoms with Crippen LogP contribution in [0.2, 0.25) is 0 Å². The number of nitrogens with zero attached hydrogens (tertiary/aromatic N) is 1. The van der Waals surface area contributed by atoms with Crippen molar-refractivity contribution < 1.29 is 0 Å². The summed E-state index contributed by atoms with van der Waals surface area (Å²) in [6, 6.07) is 8.75. The molecule has 1 unspecified atom stereocenters. The molecule has 0 bridgehead atoms. The third-order valence-corrected chi connectivity index (χ3v) is 3.03. The van der Waals surface area contributed by atoms with E-state index >= 15 is 0 Å². The molecule has 1 atom stereocenters. The van der Waals surface area contributed by atoms with Gasteiger partial charge in [-0.1, -0.05) is 32.6 Å². The van der Waals surface area contributed by atoms with Crippen LogP contribution in [0.15, 0.2) is 36.5 Å². The van der Waals surface area contributed by atoms with Gasteiger partial charge in [0.05, 0.1) is 0 Å². The Morgan fingerprint density at radius 2 is 1.87 bits per heavy atom. The fraction of sp³-hybridized carbons (Fsp3) is 0.429. The zero-order valence-corrected chi connectivity index (χ0v) is 10.2. The van der Waals surface area contributed by atoms with Crippen molar-refractivity contribution in [3.63, 3.8) is 0 Å². The molecule has 1 aromatic carbocycles. The van der Waals surface area contributed by atoms with Gasteiger partial charge in [-0.05, 0) is 37.0 Å². The van der Waals surface area contributed by atoms with Crippen LogP contribution in [-0.2, 0) is 0 Å². The molecule has 0 N–H and O–H groups in total. The van der Waals surface area contributed by atoms with Crippen LogP contribution in [0, 0.1) is 0 Å². The third-order valence-electron chi connectivity index (χ3n) is 3.03. The largest absolute Gasteiger partial charge is 0.349 e. The molecule has 1 aromatic rings. The summed E-state index contributed by atoms with van der Waals surface area (Å²) >= 11 is 0. The number of hydrogen-bond acceptors (Lipinski definition) is 1. The van der Waals surface area contributed by atoms with Gasteiger partial charge in [-0.3, -0.25) is 0 Å². The summed E-state index contributed by atoms with van der Waals surface area (Å²) < 4.78 is 0. The normalized spacial score (nSPS) is 12.3. The van der Waals surface area contributed by atoms with Gasteiger partial charge in [0.15, 0.2) is 0 Å². The number of anilines is 1. The van der Waals surface area contributed by atoms with Crippen molar-refractivity contribution in [1.82, 2.24) is 0 Å². The van der Waals surface area contributed by atoms with Crippen LogP contribution in [0.5, 0.6) is 0 Å². The molecule has 0 aliphatic heterocycles. The van der Waals surface area contributed by atoms with E-state index in [1.807, 2.05) is 14.0 Å². The lowest BCUT2D eigenvalue weighted by molar-refractivity contribution is 0.733. The highest BCUT2D eigenvalue weighted by molar-refractivity contribution is 5.51. The van der Waals surface area contributed by atoms with Gasteiger partial charge in [0.2, 0.25) is 0 Å². The summed E-state index contributed by atoms with van der Waals surface area (Å²) in [5.74, 6) is 0.647. The Bertz CT molecular complexity index is 324. The number of rotatable bonds is 4. The van der Waals surface area contributed by atoms with E-state index in [2.05, 4.69) is 49.6 Å². The second-order valence-corrected chi connectivity index (χ2v) is 4.20. The van der Waals surface area contributed by atoms with Crippen LogP contribution in [-0.4, -0.2) is 7.05 Å². The van der Waals surface area contributed by atoms with Crippen molar-refractivity contribution in [3.8, 4) is 0 Å². The van der Waals surface area contributed by atoms with Crippen LogP contribution >= 0.6 is 0 Å². The predicted molar refractivity (Wildman–Crippen MR) is 68.4 cm³/mol. The second kappa shape index (κ2) is 5.01. The van der Waals surface area contributed by atoms with Gasteiger partial charge in [-0.2, -0.15) is 0 Å². The topological polar surface area (TPSA) is 3.24 Å². The Labute approximate surface area is 93.4 Å². The van der Waals surface area contributed by atoms with Crippen molar-refractivity contribution >= 4 is 5.69 Å². The van der Waals surface area contributed by atoms with Crippen molar-refractivity contribution in [2.45, 2.75) is 33.1 Å². The van der Waals surface area contributed by atoms with E-state index in [1.54, 1.807) is 0 Å². The first-order valence-corrected chi connectivity index (χ1v) is 5.55. The van der Waals surface area contributed by atoms with E-state index in [4.69, 9.17) is 0 Å². The van der Waals surface area contributed by atoms with Gasteiger partial charge in [-0.25, -0.2) is 0 Å². The lowest BCUT2D eigenvalue weighted by Gasteiger charge is -2.19. The lowest BCUT2D eigenvalue weighted by atomic mass is 9.98. The van der Waals surface area contributed by atoms with Gasteiger partial charge in [0.1, 0.15) is 0 Å². The minimum atomic E-state index is 0.647. The fourth-order valence-electron chi connectivity index (χ4n) is 1.48. The van der Waals surface area contributed by atoms with Crippen LogP contribution < -0.4 is 4.90 Å². The first kappa shape index (κ1) is 11.8. The summed E-state index contributed by atoms with van der Waals surface area (Å²) in [6.07, 6.45) is 1.19. The summed E-state index contributed by atoms with van der Waals surface area (Å²) in [7, 11) is 2.04. The smallest absolute Gasteiger partial charge is 0.0405 e. The highest BCUT2D eigenvalue weighted by Gasteiger charge is 2.04. The molecule has 0 amide bonds. The first-order valence-electron chi connectivity index (χ1n) is 5.55. The van der Waals surface area contributed by atoms with Crippen LogP contribution in [0.3, 0.4) is 0 Å². The minimum Gasteiger partial charge on any atom is -0.349 e. The van der Waals surface area contributed by atoms with E-state index in [9.17, 15) is 0 Å². The Morgan fingerprint density at radius 1 is 1.33 bits per heavy atom. The Morgan fingerprint density at radius 3 is 2.27 bits per heavy atom. The highest BCUT2D eigenvalue weighted by atomic mass is 15.1. The van der Waals surface area contributed by atoms with E-state index in [1.165, 1.54) is 17.7 Å². The molecule has 0 aliphatic carbocycles. The van der Waals surface area contributed by atoms with Crippen LogP contribution in [0.1, 0.15) is 38.7 Å². The maximum Gasteiger partial charge on any atom is 0.0405 e. The average molecular weight is 203 g/mol. The van der Waals surface area contributed by atoms with E-state index < -0.39 is 0 Å². The van der Waals surface area contributed by atoms with Crippen LogP contribution in [0.4, 0.5) is 5.69 Å². The molecule has 0 saturated heterocycles. The number of hydrogen-bond donors (Lipinski definition) is 0. The first-order chi connectivity index (χ1) is 7.06. The zero-order valence-electron chi connectivity index (χ0n) is 10.2. The molecule has 0 saturated carbocycles. The minimum absolute atomic E-state index is 0.647. The molecule has 0 aromatic heterocycles. The lowest BCUT2D eigenvalue weighted by Crippen LogP contribution is -2.12. The molecule has 0 heterocycles. The molecular weight excluding hydrogens is 182 g/mol. The van der Waals surface area contributed by atoms with Gasteiger partial charge < -0.3 is 4.90 Å². The molecule has 15 heavy (non-hydrogen) atoms. The third kappa shape index (κ3) is 2.85. The van der Waals surface area contributed by atoms with Gasteiger partial charge >= 0.3 is 0 Å². The van der Waals surface area contributed by atoms with Gasteiger partial charge in [0.25, 0.3) is 0 Å². The Hall–Kier alpha value is -1.24. The Kier molecular flexibility index (Phi) is 3.96. The fourth-order valence-corrected chi connectivity index (χ4v) is 1.48. The summed E-state index contributed by atoms with van der Waals surface area (Å²) in [5, 5.41) is 0. The molecular formula is C14H21N. The maximum atomic E-state index is 3.93. The maximum absolute atomic E-state index is 3.93. The van der Waals surface area contributed by atoms with E-state index in [0.29, 0.717) is 5.92 Å². The average Bonchev–Trinajstić information content (AvgIpc) is 2.27. The van der Waals surface area contributed by atoms with Crippen molar-refractivity contribution in [2.24, 2.45) is 0 Å². The van der Waals surface area contributed by atoms with Gasteiger partial charge in [0, 0.05) is 18.4 Å². The Balaban J connectivity index is 2.85. The standard InChI is InChI=1S/C14H21N/c1-6-12(4)13-7-9-14(10-8-13)15(5)11(2)3/h7-10,12H,2,6H2,1,3-5H3. The van der Waals surface area contributed by atoms with Crippen LogP contribution in [0.25, 0.3) is 0 Å². The van der Waals surface area contributed by atoms with Crippen molar-refractivity contribution in [1.29, 1.82) is 0 Å². The second-order valence-electron chi connectivity index (χ2n) is 4.20. The molecule has 1 rings (SSSR count). The monoisotopic (exact) mass is 203 g/mol. The molecule has 0 fully saturated rings. The molecule has 0 spiro atoms. The number of allylic oxidation sites excluding steroid dienone is 1. The number of benzene rings is 1. The SMILES string of the molecule is C=C(C)N(C)c1ccc(C(C)CC)cc1. The van der Waals surface area contributed by atoms with Crippen molar-refractivity contribution in [2.75, 3.05) is 11.9 Å². The zero-order chi connectivity index (χ0) is 11.4. The summed E-state index contributed by atoms with van der Waals surface area (Å²) in [4.78, 5) is 2.10. The van der Waals surface area contributed by atoms with E-state index in [0.717, 1.165) is 5.70 Å². The molecule has 0 radical (unpaired) electrons. The molecule has 1 nitrogen and oxygen atoms in total. The molecule has 82 valence electrons. The molecule has 1 heteroatoms. The predicted octanol–water partition coefficient (Wildman–Crippen LogP) is 4.17. The van der Waals surface area contributed by atoms with E-state index in [-0.39, 0.29) is 0 Å². The highest BCUT2D eigenvalue weighted by Crippen LogP contribution is 2.22. The summed E-state index contributed by atoms with van der Waals surface area (Å²) in [6.45, 7) is 10.4. The summed E-state index contributed by atoms with van der Waals surface area (Å²) in [5.41, 5.74) is 3.68. The van der Waals surface area contributed by atoms with Crippen molar-refractivity contribution in [3.05, 3.63) is 42.1 Å². The molecule has 0 aliphatic rings.